The molecule has 0 aliphatic carbocycles. The fourth-order valence-corrected chi connectivity index (χ4v) is 2.62. The maximum atomic E-state index is 5.95. The highest BCUT2D eigenvalue weighted by Gasteiger charge is 2.01. The first-order valence-corrected chi connectivity index (χ1v) is 5.64. The van der Waals surface area contributed by atoms with Gasteiger partial charge in [0, 0.05) is 0 Å². The summed E-state index contributed by atoms with van der Waals surface area (Å²) in [7, 11) is 1.56. The molecule has 0 aliphatic heterocycles. The summed E-state index contributed by atoms with van der Waals surface area (Å²) in [5.74, 6) is 0. The maximum Gasteiger partial charge on any atom is 0.0927 e. The molecule has 0 fully saturated rings. The van der Waals surface area contributed by atoms with E-state index in [9.17, 15) is 0 Å². The predicted molar refractivity (Wildman–Crippen MR) is 53.3 cm³/mol. The van der Waals surface area contributed by atoms with Gasteiger partial charge in [-0.1, -0.05) is 35.5 Å². The number of benzene rings is 1. The molecule has 0 saturated carbocycles. The lowest BCUT2D eigenvalue weighted by atomic mass is 10.4. The van der Waals surface area contributed by atoms with Crippen LogP contribution in [0, 0.1) is 0 Å². The summed E-state index contributed by atoms with van der Waals surface area (Å²) >= 11 is 5.95. The van der Waals surface area contributed by atoms with Crippen LogP contribution >= 0.6 is 11.6 Å². The molecule has 1 aromatic rings. The molecule has 1 rings (SSSR count). The molecule has 0 radical (unpaired) electrons. The van der Waals surface area contributed by atoms with Gasteiger partial charge in [-0.2, -0.15) is 0 Å². The minimum absolute atomic E-state index is 0.178. The smallest absolute Gasteiger partial charge is 0.0927 e. The van der Waals surface area contributed by atoms with Crippen LogP contribution in [-0.2, 0) is 0 Å². The van der Waals surface area contributed by atoms with E-state index in [0.29, 0.717) is 0 Å². The van der Waals surface area contributed by atoms with Crippen molar-refractivity contribution >= 4 is 26.3 Å². The van der Waals surface area contributed by atoms with Gasteiger partial charge in [0.05, 0.1) is 14.6 Å². The molecular weight excluding hydrogens is 174 g/mol. The maximum absolute atomic E-state index is 5.95. The number of halogens is 1. The van der Waals surface area contributed by atoms with Crippen LogP contribution in [0.4, 0.5) is 0 Å². The monoisotopic (exact) mass is 185 g/mol. The molecule has 1 unspecified atom stereocenters. The van der Waals surface area contributed by atoms with Crippen LogP contribution < -0.4 is 10.5 Å². The van der Waals surface area contributed by atoms with Crippen LogP contribution in [0.2, 0.25) is 0 Å². The van der Waals surface area contributed by atoms with Gasteiger partial charge >= 0.3 is 0 Å². The fraction of sp³-hybridized carbons (Fsp3) is 0.250. The molecular formula is C8H12ClNSi. The van der Waals surface area contributed by atoms with Gasteiger partial charge in [0.15, 0.2) is 0 Å². The molecule has 0 heterocycles. The zero-order valence-corrected chi connectivity index (χ0v) is 8.72. The van der Waals surface area contributed by atoms with Crippen molar-refractivity contribution in [3.05, 3.63) is 30.3 Å². The van der Waals surface area contributed by atoms with Gasteiger partial charge in [0.2, 0.25) is 0 Å². The Bertz CT molecular complexity index is 203. The van der Waals surface area contributed by atoms with E-state index in [1.165, 1.54) is 5.19 Å². The van der Waals surface area contributed by atoms with Gasteiger partial charge in [0.25, 0.3) is 0 Å². The zero-order valence-electron chi connectivity index (χ0n) is 6.55. The first-order chi connectivity index (χ1) is 5.33. The number of nitrogens with one attached hydrogen (secondary N) is 1. The molecule has 0 aliphatic rings. The highest BCUT2D eigenvalue weighted by Crippen LogP contribution is 1.88. The molecule has 0 amide bonds. The van der Waals surface area contributed by atoms with E-state index in [-0.39, 0.29) is 14.6 Å². The molecule has 0 bridgehead atoms. The summed E-state index contributed by atoms with van der Waals surface area (Å²) < 4.78 is 0. The second-order valence-corrected chi connectivity index (χ2v) is 5.53. The molecule has 0 saturated heterocycles. The quantitative estimate of drug-likeness (QED) is 0.404. The summed E-state index contributed by atoms with van der Waals surface area (Å²) in [4.78, 5) is 0. The van der Waals surface area contributed by atoms with Gasteiger partial charge < -0.3 is 5.32 Å². The first kappa shape index (κ1) is 8.78. The number of hydrogen-bond donors (Lipinski definition) is 1. The lowest BCUT2D eigenvalue weighted by molar-refractivity contribution is 0.912. The van der Waals surface area contributed by atoms with E-state index in [1.54, 1.807) is 0 Å². The average molecular weight is 186 g/mol. The summed E-state index contributed by atoms with van der Waals surface area (Å²) in [6.07, 6.45) is 0. The normalized spacial score (nSPS) is 14.0. The number of rotatable bonds is 3. The van der Waals surface area contributed by atoms with Crippen LogP contribution in [0.1, 0.15) is 0 Å². The Labute approximate surface area is 74.6 Å². The van der Waals surface area contributed by atoms with Crippen molar-refractivity contribution in [2.24, 2.45) is 0 Å². The first-order valence-electron chi connectivity index (χ1n) is 3.68. The minimum Gasteiger partial charge on any atom is -0.307 e. The molecule has 0 spiro atoms. The third kappa shape index (κ3) is 3.06. The van der Waals surface area contributed by atoms with E-state index < -0.39 is 0 Å². The fourth-order valence-electron chi connectivity index (χ4n) is 0.923. The Morgan fingerprint density at radius 2 is 2.00 bits per heavy atom. The lowest BCUT2D eigenvalue weighted by Gasteiger charge is -2.05. The Morgan fingerprint density at radius 1 is 1.36 bits per heavy atom. The van der Waals surface area contributed by atoms with Gasteiger partial charge in [-0.3, -0.25) is 0 Å². The highest BCUT2D eigenvalue weighted by molar-refractivity contribution is 6.64. The van der Waals surface area contributed by atoms with Gasteiger partial charge in [-0.25, -0.2) is 0 Å². The number of hydrogen-bond acceptors (Lipinski definition) is 1. The van der Waals surface area contributed by atoms with Crippen molar-refractivity contribution in [3.8, 4) is 0 Å². The van der Waals surface area contributed by atoms with Crippen LogP contribution in [0.3, 0.4) is 0 Å². The van der Waals surface area contributed by atoms with Crippen molar-refractivity contribution in [1.29, 1.82) is 0 Å². The molecule has 1 nitrogen and oxygen atoms in total. The SMILES string of the molecule is CNC(Cl)[SiH2]c1ccccc1. The van der Waals surface area contributed by atoms with Crippen molar-refractivity contribution in [2.45, 2.75) is 5.12 Å². The molecule has 0 aromatic heterocycles. The molecule has 60 valence electrons. The van der Waals surface area contributed by atoms with Crippen LogP contribution in [-0.4, -0.2) is 21.7 Å². The Kier molecular flexibility index (Phi) is 3.63. The summed E-state index contributed by atoms with van der Waals surface area (Å²) in [6.45, 7) is 0. The van der Waals surface area contributed by atoms with Crippen molar-refractivity contribution < 1.29 is 0 Å². The molecule has 1 atom stereocenters. The van der Waals surface area contributed by atoms with Crippen LogP contribution in [0.5, 0.6) is 0 Å². The number of alkyl halides is 1. The van der Waals surface area contributed by atoms with Crippen molar-refractivity contribution in [2.75, 3.05) is 7.05 Å². The van der Waals surface area contributed by atoms with Crippen LogP contribution in [0.25, 0.3) is 0 Å². The third-order valence-corrected chi connectivity index (χ3v) is 3.96. The largest absolute Gasteiger partial charge is 0.307 e. The Hall–Kier alpha value is -0.313. The molecule has 1 N–H and O–H groups in total. The molecule has 1 aromatic carbocycles. The molecule has 3 heteroatoms. The summed E-state index contributed by atoms with van der Waals surface area (Å²) in [5.41, 5.74) is 0. The van der Waals surface area contributed by atoms with Crippen molar-refractivity contribution in [1.82, 2.24) is 5.32 Å². The van der Waals surface area contributed by atoms with E-state index in [0.717, 1.165) is 0 Å². The lowest BCUT2D eigenvalue weighted by Crippen LogP contribution is -2.33. The standard InChI is InChI=1S/C8H12ClNSi/c1-10-8(9)11-7-5-3-2-4-6-7/h2-6,8,10H,11H2,1H3. The summed E-state index contributed by atoms with van der Waals surface area (Å²) in [6, 6.07) is 10.4. The van der Waals surface area contributed by atoms with Crippen LogP contribution in [0.15, 0.2) is 30.3 Å². The third-order valence-electron chi connectivity index (χ3n) is 1.57. The zero-order chi connectivity index (χ0) is 8.10. The Balaban J connectivity index is 2.51. The second-order valence-electron chi connectivity index (χ2n) is 2.45. The topological polar surface area (TPSA) is 12.0 Å². The van der Waals surface area contributed by atoms with Gasteiger partial charge in [0.1, 0.15) is 0 Å². The van der Waals surface area contributed by atoms with E-state index >= 15 is 0 Å². The predicted octanol–water partition coefficient (Wildman–Crippen LogP) is 0.222. The second kappa shape index (κ2) is 4.54. The Morgan fingerprint density at radius 3 is 2.55 bits per heavy atom. The minimum atomic E-state index is -0.333. The highest BCUT2D eigenvalue weighted by atomic mass is 35.5. The van der Waals surface area contributed by atoms with Gasteiger partial charge in [-0.15, -0.1) is 11.6 Å². The average Bonchev–Trinajstić information content (AvgIpc) is 2.06. The van der Waals surface area contributed by atoms with E-state index in [1.807, 2.05) is 13.1 Å². The van der Waals surface area contributed by atoms with Gasteiger partial charge in [-0.05, 0) is 7.05 Å². The van der Waals surface area contributed by atoms with E-state index in [4.69, 9.17) is 11.6 Å². The van der Waals surface area contributed by atoms with E-state index in [2.05, 4.69) is 29.6 Å². The summed E-state index contributed by atoms with van der Waals surface area (Å²) in [5, 5.41) is 4.62. The molecule has 11 heavy (non-hydrogen) atoms. The van der Waals surface area contributed by atoms with Crippen molar-refractivity contribution in [3.63, 3.8) is 0 Å².